The zero-order chi connectivity index (χ0) is 17.0. The molecule has 0 saturated carbocycles. The van der Waals surface area contributed by atoms with Crippen LogP contribution in [0.15, 0.2) is 53.4 Å². The number of nitrogens with zero attached hydrogens (tertiary/aromatic N) is 1. The number of hydrogen-bond acceptors (Lipinski definition) is 3. The molecular formula is C17H20N2O3S. The van der Waals surface area contributed by atoms with Crippen molar-refractivity contribution in [2.75, 3.05) is 16.2 Å². The van der Waals surface area contributed by atoms with Crippen LogP contribution in [0.2, 0.25) is 0 Å². The molecule has 2 aromatic rings. The summed E-state index contributed by atoms with van der Waals surface area (Å²) in [4.78, 5) is 11.2. The highest BCUT2D eigenvalue weighted by atomic mass is 32.2. The van der Waals surface area contributed by atoms with Gasteiger partial charge < -0.3 is 5.32 Å². The molecule has 5 nitrogen and oxygen atoms in total. The van der Waals surface area contributed by atoms with E-state index < -0.39 is 10.0 Å². The van der Waals surface area contributed by atoms with E-state index in [2.05, 4.69) is 5.32 Å². The average molecular weight is 332 g/mol. The summed E-state index contributed by atoms with van der Waals surface area (Å²) < 4.78 is 27.0. The fourth-order valence-corrected chi connectivity index (χ4v) is 3.72. The lowest BCUT2D eigenvalue weighted by Crippen LogP contribution is -2.30. The Morgan fingerprint density at radius 2 is 1.61 bits per heavy atom. The van der Waals surface area contributed by atoms with E-state index in [4.69, 9.17) is 0 Å². The summed E-state index contributed by atoms with van der Waals surface area (Å²) in [6, 6.07) is 13.5. The van der Waals surface area contributed by atoms with Crippen LogP contribution in [0.1, 0.15) is 19.4 Å². The van der Waals surface area contributed by atoms with Crippen molar-refractivity contribution in [2.45, 2.75) is 25.7 Å². The second-order valence-electron chi connectivity index (χ2n) is 5.21. The van der Waals surface area contributed by atoms with Gasteiger partial charge in [0.05, 0.1) is 10.6 Å². The van der Waals surface area contributed by atoms with E-state index in [1.54, 1.807) is 31.2 Å². The fourth-order valence-electron chi connectivity index (χ4n) is 2.24. The normalized spacial score (nSPS) is 11.1. The van der Waals surface area contributed by atoms with E-state index in [1.807, 2.05) is 19.1 Å². The number of rotatable bonds is 5. The number of anilines is 2. The first-order valence-corrected chi connectivity index (χ1v) is 8.75. The minimum Gasteiger partial charge on any atom is -0.326 e. The Balaban J connectivity index is 2.35. The molecule has 2 aromatic carbocycles. The van der Waals surface area contributed by atoms with Crippen molar-refractivity contribution in [3.63, 3.8) is 0 Å². The second-order valence-corrected chi connectivity index (χ2v) is 7.07. The number of amides is 1. The van der Waals surface area contributed by atoms with Gasteiger partial charge >= 0.3 is 0 Å². The Morgan fingerprint density at radius 3 is 2.09 bits per heavy atom. The van der Waals surface area contributed by atoms with Gasteiger partial charge in [0.15, 0.2) is 0 Å². The minimum absolute atomic E-state index is 0.189. The van der Waals surface area contributed by atoms with Crippen molar-refractivity contribution in [2.24, 2.45) is 0 Å². The molecule has 0 saturated heterocycles. The molecule has 6 heteroatoms. The largest absolute Gasteiger partial charge is 0.326 e. The molecule has 0 fully saturated rings. The first-order valence-electron chi connectivity index (χ1n) is 7.31. The minimum atomic E-state index is -3.64. The average Bonchev–Trinajstić information content (AvgIpc) is 2.49. The molecule has 0 aliphatic heterocycles. The number of carbonyl (C=O) groups excluding carboxylic acids is 1. The summed E-state index contributed by atoms with van der Waals surface area (Å²) in [7, 11) is -3.64. The van der Waals surface area contributed by atoms with Crippen LogP contribution in [0.4, 0.5) is 11.4 Å². The summed E-state index contributed by atoms with van der Waals surface area (Å²) >= 11 is 0. The third-order valence-electron chi connectivity index (χ3n) is 3.37. The topological polar surface area (TPSA) is 66.5 Å². The lowest BCUT2D eigenvalue weighted by molar-refractivity contribution is -0.114. The van der Waals surface area contributed by atoms with Crippen LogP contribution in [-0.4, -0.2) is 20.9 Å². The van der Waals surface area contributed by atoms with Gasteiger partial charge in [-0.2, -0.15) is 0 Å². The van der Waals surface area contributed by atoms with Crippen LogP contribution in [0.3, 0.4) is 0 Å². The van der Waals surface area contributed by atoms with Crippen LogP contribution in [-0.2, 0) is 14.8 Å². The van der Waals surface area contributed by atoms with Crippen LogP contribution in [0, 0.1) is 6.92 Å². The van der Waals surface area contributed by atoms with E-state index in [0.717, 1.165) is 5.56 Å². The van der Waals surface area contributed by atoms with Gasteiger partial charge in [0, 0.05) is 19.2 Å². The molecule has 0 unspecified atom stereocenters. The molecule has 122 valence electrons. The third-order valence-corrected chi connectivity index (χ3v) is 5.29. The van der Waals surface area contributed by atoms with Gasteiger partial charge in [-0.15, -0.1) is 0 Å². The SMILES string of the molecule is CCN(c1ccc(C)cc1)S(=O)(=O)c1ccc(NC(C)=O)cc1. The summed E-state index contributed by atoms with van der Waals surface area (Å²) in [5.41, 5.74) is 2.26. The molecule has 2 rings (SSSR count). The maximum atomic E-state index is 12.8. The standard InChI is InChI=1S/C17H20N2O3S/c1-4-19(16-9-5-13(2)6-10-16)23(21,22)17-11-7-15(8-12-17)18-14(3)20/h5-12H,4H2,1-3H3,(H,18,20). The molecule has 0 bridgehead atoms. The Hall–Kier alpha value is -2.34. The summed E-state index contributed by atoms with van der Waals surface area (Å²) in [5.74, 6) is -0.199. The van der Waals surface area contributed by atoms with E-state index in [-0.39, 0.29) is 10.8 Å². The van der Waals surface area contributed by atoms with Crippen LogP contribution in [0.5, 0.6) is 0 Å². The Kier molecular flexibility index (Phi) is 5.05. The molecule has 1 amide bonds. The molecule has 23 heavy (non-hydrogen) atoms. The Bertz CT molecular complexity index is 782. The maximum Gasteiger partial charge on any atom is 0.264 e. The summed E-state index contributed by atoms with van der Waals surface area (Å²) in [6.07, 6.45) is 0. The predicted octanol–water partition coefficient (Wildman–Crippen LogP) is 3.17. The third kappa shape index (κ3) is 3.90. The van der Waals surface area contributed by atoms with E-state index >= 15 is 0 Å². The summed E-state index contributed by atoms with van der Waals surface area (Å²) in [5, 5.41) is 2.62. The highest BCUT2D eigenvalue weighted by Crippen LogP contribution is 2.24. The lowest BCUT2D eigenvalue weighted by atomic mass is 10.2. The highest BCUT2D eigenvalue weighted by Gasteiger charge is 2.23. The zero-order valence-electron chi connectivity index (χ0n) is 13.4. The number of nitrogens with one attached hydrogen (secondary N) is 1. The van der Waals surface area contributed by atoms with Gasteiger partial charge in [-0.1, -0.05) is 17.7 Å². The molecule has 0 radical (unpaired) electrons. The Labute approximate surface area is 137 Å². The number of carbonyl (C=O) groups is 1. The molecule has 0 spiro atoms. The second kappa shape index (κ2) is 6.83. The van der Waals surface area contributed by atoms with Crippen molar-refractivity contribution in [3.8, 4) is 0 Å². The fraction of sp³-hybridized carbons (Fsp3) is 0.235. The molecule has 0 aromatic heterocycles. The van der Waals surface area contributed by atoms with Gasteiger partial charge in [-0.25, -0.2) is 8.42 Å². The predicted molar refractivity (Wildman–Crippen MR) is 92.1 cm³/mol. The highest BCUT2D eigenvalue weighted by molar-refractivity contribution is 7.92. The quantitative estimate of drug-likeness (QED) is 0.914. The molecular weight excluding hydrogens is 312 g/mol. The first kappa shape index (κ1) is 17.0. The number of sulfonamides is 1. The van der Waals surface area contributed by atoms with Crippen LogP contribution < -0.4 is 9.62 Å². The summed E-state index contributed by atoms with van der Waals surface area (Å²) in [6.45, 7) is 5.48. The Morgan fingerprint density at radius 1 is 1.04 bits per heavy atom. The van der Waals surface area contributed by atoms with Gasteiger partial charge in [0.1, 0.15) is 0 Å². The van der Waals surface area contributed by atoms with Gasteiger partial charge in [-0.3, -0.25) is 9.10 Å². The van der Waals surface area contributed by atoms with Gasteiger partial charge in [0.25, 0.3) is 10.0 Å². The van der Waals surface area contributed by atoms with E-state index in [9.17, 15) is 13.2 Å². The number of aryl methyl sites for hydroxylation is 1. The van der Waals surface area contributed by atoms with Crippen LogP contribution >= 0.6 is 0 Å². The van der Waals surface area contributed by atoms with Crippen molar-refractivity contribution in [3.05, 3.63) is 54.1 Å². The zero-order valence-corrected chi connectivity index (χ0v) is 14.2. The number of benzene rings is 2. The van der Waals surface area contributed by atoms with Gasteiger partial charge in [0.2, 0.25) is 5.91 Å². The monoisotopic (exact) mass is 332 g/mol. The molecule has 0 aliphatic rings. The van der Waals surface area contributed by atoms with Crippen LogP contribution in [0.25, 0.3) is 0 Å². The molecule has 1 N–H and O–H groups in total. The molecule has 0 atom stereocenters. The van der Waals surface area contributed by atoms with Crippen molar-refractivity contribution < 1.29 is 13.2 Å². The lowest BCUT2D eigenvalue weighted by Gasteiger charge is -2.23. The van der Waals surface area contributed by atoms with E-state index in [1.165, 1.54) is 23.4 Å². The van der Waals surface area contributed by atoms with Crippen molar-refractivity contribution in [1.82, 2.24) is 0 Å². The smallest absolute Gasteiger partial charge is 0.264 e. The molecule has 0 aliphatic carbocycles. The van der Waals surface area contributed by atoms with Gasteiger partial charge in [-0.05, 0) is 50.2 Å². The van der Waals surface area contributed by atoms with E-state index in [0.29, 0.717) is 17.9 Å². The first-order chi connectivity index (χ1) is 10.8. The molecule has 0 heterocycles. The number of hydrogen-bond donors (Lipinski definition) is 1. The van der Waals surface area contributed by atoms with Crippen molar-refractivity contribution >= 4 is 27.3 Å². The maximum absolute atomic E-state index is 12.8. The van der Waals surface area contributed by atoms with Crippen molar-refractivity contribution in [1.29, 1.82) is 0 Å².